The Morgan fingerprint density at radius 2 is 1.84 bits per heavy atom. The van der Waals surface area contributed by atoms with Gasteiger partial charge in [0.15, 0.2) is 0 Å². The fourth-order valence-electron chi connectivity index (χ4n) is 5.01. The number of nitrogens with two attached hydrogens (primary N) is 1. The van der Waals surface area contributed by atoms with Crippen molar-refractivity contribution in [2.75, 3.05) is 50.7 Å². The monoisotopic (exact) mass is 422 g/mol. The lowest BCUT2D eigenvalue weighted by Gasteiger charge is -2.42. The van der Waals surface area contributed by atoms with Crippen LogP contribution in [0.5, 0.6) is 0 Å². The van der Waals surface area contributed by atoms with Gasteiger partial charge in [-0.05, 0) is 36.6 Å². The molecule has 0 aliphatic carbocycles. The highest BCUT2D eigenvalue weighted by Crippen LogP contribution is 2.36. The highest BCUT2D eigenvalue weighted by Gasteiger charge is 2.37. The summed E-state index contributed by atoms with van der Waals surface area (Å²) in [5.41, 5.74) is 2.72. The minimum atomic E-state index is -0.616. The van der Waals surface area contributed by atoms with E-state index in [1.54, 1.807) is 6.07 Å². The number of nitrogens with one attached hydrogen (secondary N) is 1. The molecule has 0 saturated carbocycles. The molecule has 0 spiro atoms. The maximum atomic E-state index is 12.4. The van der Waals surface area contributed by atoms with Crippen molar-refractivity contribution in [3.05, 3.63) is 59.4 Å². The van der Waals surface area contributed by atoms with Crippen molar-refractivity contribution in [3.63, 3.8) is 0 Å². The number of hydrogen-bond acceptors (Lipinski definition) is 7. The Bertz CT molecular complexity index is 935. The number of carbonyl (C=O) groups is 1. The van der Waals surface area contributed by atoms with E-state index < -0.39 is 5.60 Å². The van der Waals surface area contributed by atoms with E-state index in [0.717, 1.165) is 75.6 Å². The summed E-state index contributed by atoms with van der Waals surface area (Å²) in [5, 5.41) is 15.7. The molecule has 1 unspecified atom stereocenters. The lowest BCUT2D eigenvalue weighted by Crippen LogP contribution is -2.54. The number of benzene rings is 1. The Morgan fingerprint density at radius 1 is 1.10 bits per heavy atom. The van der Waals surface area contributed by atoms with E-state index in [1.165, 1.54) is 5.01 Å². The van der Waals surface area contributed by atoms with Crippen molar-refractivity contribution < 1.29 is 9.90 Å². The Balaban J connectivity index is 1.25. The van der Waals surface area contributed by atoms with Gasteiger partial charge >= 0.3 is 0 Å². The van der Waals surface area contributed by atoms with Crippen molar-refractivity contribution in [1.29, 1.82) is 0 Å². The third-order valence-electron chi connectivity index (χ3n) is 6.84. The van der Waals surface area contributed by atoms with Gasteiger partial charge in [0.2, 0.25) is 0 Å². The van der Waals surface area contributed by atoms with Crippen molar-refractivity contribution in [2.24, 2.45) is 5.84 Å². The van der Waals surface area contributed by atoms with E-state index in [2.05, 4.69) is 20.1 Å². The number of aliphatic hydroxyl groups is 1. The van der Waals surface area contributed by atoms with Crippen molar-refractivity contribution >= 4 is 11.6 Å². The molecule has 0 bridgehead atoms. The van der Waals surface area contributed by atoms with Crippen LogP contribution in [0.3, 0.4) is 0 Å². The average molecular weight is 423 g/mol. The van der Waals surface area contributed by atoms with Gasteiger partial charge in [0, 0.05) is 51.4 Å². The standard InChI is InChI=1S/C23H30N6O2/c24-29-21(18-3-1-2-4-19(18)22(29)30)20-6-5-17(15-26-20)28-11-7-23(31,8-12-28)16-27-13-9-25-10-14-27/h1-6,15,21,25,31H,7-14,16,24H2. The molecule has 5 rings (SSSR count). The second-order valence-electron chi connectivity index (χ2n) is 8.88. The molecule has 1 aromatic carbocycles. The average Bonchev–Trinajstić information content (AvgIpc) is 3.05. The molecular formula is C23H30N6O2. The molecule has 4 heterocycles. The normalized spacial score (nSPS) is 23.8. The van der Waals surface area contributed by atoms with E-state index in [4.69, 9.17) is 5.84 Å². The van der Waals surface area contributed by atoms with E-state index in [0.29, 0.717) is 5.56 Å². The lowest BCUT2D eigenvalue weighted by molar-refractivity contribution is -0.0186. The molecule has 8 nitrogen and oxygen atoms in total. The minimum Gasteiger partial charge on any atom is -0.388 e. The Labute approximate surface area is 182 Å². The maximum absolute atomic E-state index is 12.4. The lowest BCUT2D eigenvalue weighted by atomic mass is 9.90. The first-order valence-corrected chi connectivity index (χ1v) is 11.1. The molecule has 4 N–H and O–H groups in total. The number of fused-ring (bicyclic) bond motifs is 1. The van der Waals surface area contributed by atoms with E-state index in [1.807, 2.05) is 36.5 Å². The zero-order valence-electron chi connectivity index (χ0n) is 17.7. The SMILES string of the molecule is NN1C(=O)c2ccccc2C1c1ccc(N2CCC(O)(CN3CCNCC3)CC2)cn1. The molecule has 3 aliphatic heterocycles. The Hall–Kier alpha value is -2.52. The van der Waals surface area contributed by atoms with Crippen LogP contribution in [0, 0.1) is 0 Å². The first kappa shape index (κ1) is 20.4. The topological polar surface area (TPSA) is 98.0 Å². The minimum absolute atomic E-state index is 0.175. The Kier molecular flexibility index (Phi) is 5.39. The number of hydrazine groups is 1. The van der Waals surface area contributed by atoms with Crippen LogP contribution in [-0.4, -0.2) is 77.3 Å². The third kappa shape index (κ3) is 3.92. The quantitative estimate of drug-likeness (QED) is 0.494. The molecule has 2 fully saturated rings. The van der Waals surface area contributed by atoms with Crippen LogP contribution in [0.2, 0.25) is 0 Å². The fraction of sp³-hybridized carbons (Fsp3) is 0.478. The smallest absolute Gasteiger partial charge is 0.269 e. The molecule has 3 aliphatic rings. The fourth-order valence-corrected chi connectivity index (χ4v) is 5.01. The van der Waals surface area contributed by atoms with Crippen LogP contribution in [0.25, 0.3) is 0 Å². The first-order chi connectivity index (χ1) is 15.0. The summed E-state index contributed by atoms with van der Waals surface area (Å²) in [6.45, 7) is 6.36. The summed E-state index contributed by atoms with van der Waals surface area (Å²) >= 11 is 0. The van der Waals surface area contributed by atoms with Gasteiger partial charge in [-0.1, -0.05) is 18.2 Å². The van der Waals surface area contributed by atoms with Crippen LogP contribution in [-0.2, 0) is 0 Å². The van der Waals surface area contributed by atoms with Crippen LogP contribution < -0.4 is 16.1 Å². The van der Waals surface area contributed by atoms with Gasteiger partial charge in [-0.3, -0.25) is 19.7 Å². The third-order valence-corrected chi connectivity index (χ3v) is 6.84. The summed E-state index contributed by atoms with van der Waals surface area (Å²) in [6.07, 6.45) is 3.36. The first-order valence-electron chi connectivity index (χ1n) is 11.1. The van der Waals surface area contributed by atoms with Gasteiger partial charge in [-0.25, -0.2) is 5.84 Å². The van der Waals surface area contributed by atoms with Gasteiger partial charge in [-0.15, -0.1) is 0 Å². The summed E-state index contributed by atoms with van der Waals surface area (Å²) < 4.78 is 0. The van der Waals surface area contributed by atoms with Crippen molar-refractivity contribution in [1.82, 2.24) is 20.2 Å². The van der Waals surface area contributed by atoms with Crippen LogP contribution in [0.1, 0.15) is 40.5 Å². The van der Waals surface area contributed by atoms with Crippen LogP contribution in [0.4, 0.5) is 5.69 Å². The predicted molar refractivity (Wildman–Crippen MR) is 119 cm³/mol. The molecule has 2 aromatic rings. The number of carbonyl (C=O) groups excluding carboxylic acids is 1. The molecule has 1 aromatic heterocycles. The predicted octanol–water partition coefficient (Wildman–Crippen LogP) is 0.737. The number of nitrogens with zero attached hydrogens (tertiary/aromatic N) is 4. The summed E-state index contributed by atoms with van der Waals surface area (Å²) in [5.74, 6) is 5.92. The molecule has 2 saturated heterocycles. The molecule has 1 atom stereocenters. The van der Waals surface area contributed by atoms with E-state index in [9.17, 15) is 9.90 Å². The number of rotatable bonds is 4. The van der Waals surface area contributed by atoms with E-state index in [-0.39, 0.29) is 11.9 Å². The van der Waals surface area contributed by atoms with Gasteiger partial charge < -0.3 is 15.3 Å². The van der Waals surface area contributed by atoms with Crippen molar-refractivity contribution in [2.45, 2.75) is 24.5 Å². The number of anilines is 1. The number of piperazine rings is 1. The van der Waals surface area contributed by atoms with Gasteiger partial charge in [0.05, 0.1) is 23.2 Å². The van der Waals surface area contributed by atoms with Gasteiger partial charge in [0.25, 0.3) is 5.91 Å². The van der Waals surface area contributed by atoms with Crippen molar-refractivity contribution in [3.8, 4) is 0 Å². The molecule has 8 heteroatoms. The number of piperidine rings is 1. The number of β-amino-alcohol motifs (C(OH)–C–C–N with tert-alkyl or cyclic N) is 1. The largest absolute Gasteiger partial charge is 0.388 e. The maximum Gasteiger partial charge on any atom is 0.269 e. The van der Waals surface area contributed by atoms with Gasteiger partial charge in [-0.2, -0.15) is 0 Å². The number of amides is 1. The zero-order valence-corrected chi connectivity index (χ0v) is 17.7. The second-order valence-corrected chi connectivity index (χ2v) is 8.88. The molecule has 0 radical (unpaired) electrons. The summed E-state index contributed by atoms with van der Waals surface area (Å²) in [4.78, 5) is 21.7. The highest BCUT2D eigenvalue weighted by molar-refractivity contribution is 5.99. The molecular weight excluding hydrogens is 392 g/mol. The number of aromatic nitrogens is 1. The molecule has 1 amide bonds. The van der Waals surface area contributed by atoms with Crippen LogP contribution >= 0.6 is 0 Å². The van der Waals surface area contributed by atoms with E-state index >= 15 is 0 Å². The van der Waals surface area contributed by atoms with Gasteiger partial charge in [0.1, 0.15) is 6.04 Å². The summed E-state index contributed by atoms with van der Waals surface area (Å²) in [6, 6.07) is 11.2. The highest BCUT2D eigenvalue weighted by atomic mass is 16.3. The van der Waals surface area contributed by atoms with Crippen LogP contribution in [0.15, 0.2) is 42.6 Å². The summed E-state index contributed by atoms with van der Waals surface area (Å²) in [7, 11) is 0. The second kappa shape index (κ2) is 8.20. The molecule has 31 heavy (non-hydrogen) atoms. The number of hydrogen-bond donors (Lipinski definition) is 3. The zero-order chi connectivity index (χ0) is 21.4. The number of pyridine rings is 1. The Morgan fingerprint density at radius 3 is 2.55 bits per heavy atom. The molecule has 164 valence electrons.